The number of halogens is 1. The Balaban J connectivity index is 1.84. The van der Waals surface area contributed by atoms with E-state index in [9.17, 15) is 9.59 Å². The molecule has 0 bridgehead atoms. The average molecular weight is 384 g/mol. The van der Waals surface area contributed by atoms with Crippen LogP contribution in [0.4, 0.5) is 0 Å². The standard InChI is InChI=1S/C17H22BrNO4/c1-3-22-17(21)13-8-10-19(11-9-13)16(20)12(2)23-15-6-4-14(18)5-7-15/h4-7,12-13H,3,8-11H2,1-2H3/t12-/m0/s1. The van der Waals surface area contributed by atoms with Crippen molar-refractivity contribution in [3.05, 3.63) is 28.7 Å². The Kier molecular flexibility index (Phi) is 6.45. The lowest BCUT2D eigenvalue weighted by molar-refractivity contribution is -0.152. The van der Waals surface area contributed by atoms with Gasteiger partial charge >= 0.3 is 5.97 Å². The molecule has 0 N–H and O–H groups in total. The Morgan fingerprint density at radius 1 is 1.26 bits per heavy atom. The van der Waals surface area contributed by atoms with Gasteiger partial charge in [0.05, 0.1) is 12.5 Å². The molecular weight excluding hydrogens is 362 g/mol. The molecule has 1 aliphatic rings. The van der Waals surface area contributed by atoms with Crippen LogP contribution in [0.3, 0.4) is 0 Å². The average Bonchev–Trinajstić information content (AvgIpc) is 2.56. The number of hydrogen-bond donors (Lipinski definition) is 0. The molecule has 23 heavy (non-hydrogen) atoms. The summed E-state index contributed by atoms with van der Waals surface area (Å²) in [5.74, 6) is 0.367. The molecule has 0 radical (unpaired) electrons. The number of amides is 1. The van der Waals surface area contributed by atoms with Crippen LogP contribution in [0.15, 0.2) is 28.7 Å². The number of rotatable bonds is 5. The molecule has 0 aliphatic carbocycles. The van der Waals surface area contributed by atoms with Crippen molar-refractivity contribution in [1.29, 1.82) is 0 Å². The van der Waals surface area contributed by atoms with E-state index in [2.05, 4.69) is 15.9 Å². The summed E-state index contributed by atoms with van der Waals surface area (Å²) in [6.45, 7) is 5.09. The van der Waals surface area contributed by atoms with E-state index in [0.29, 0.717) is 38.3 Å². The van der Waals surface area contributed by atoms with Gasteiger partial charge in [-0.15, -0.1) is 0 Å². The zero-order valence-electron chi connectivity index (χ0n) is 13.5. The lowest BCUT2D eigenvalue weighted by Gasteiger charge is -2.32. The van der Waals surface area contributed by atoms with Gasteiger partial charge in [-0.1, -0.05) is 15.9 Å². The summed E-state index contributed by atoms with van der Waals surface area (Å²) < 4.78 is 11.7. The molecule has 6 heteroatoms. The second-order valence-electron chi connectivity index (χ2n) is 5.57. The normalized spacial score (nSPS) is 16.7. The molecule has 1 aromatic carbocycles. The first-order chi connectivity index (χ1) is 11.0. The summed E-state index contributed by atoms with van der Waals surface area (Å²) in [5.41, 5.74) is 0. The molecule has 0 spiro atoms. The van der Waals surface area contributed by atoms with Gasteiger partial charge in [0.2, 0.25) is 0 Å². The number of carbonyl (C=O) groups excluding carboxylic acids is 2. The van der Waals surface area contributed by atoms with Gasteiger partial charge in [0.25, 0.3) is 5.91 Å². The van der Waals surface area contributed by atoms with Crippen molar-refractivity contribution < 1.29 is 19.1 Å². The predicted octanol–water partition coefficient (Wildman–Crippen LogP) is 3.02. The van der Waals surface area contributed by atoms with E-state index in [0.717, 1.165) is 4.47 Å². The second kappa shape index (κ2) is 8.34. The van der Waals surface area contributed by atoms with Gasteiger partial charge in [0.1, 0.15) is 5.75 Å². The van der Waals surface area contributed by atoms with E-state index < -0.39 is 6.10 Å². The third-order valence-corrected chi connectivity index (χ3v) is 4.43. The Bertz CT molecular complexity index is 538. The van der Waals surface area contributed by atoms with E-state index in [1.54, 1.807) is 18.7 Å². The van der Waals surface area contributed by atoms with Crippen LogP contribution >= 0.6 is 15.9 Å². The highest BCUT2D eigenvalue weighted by Crippen LogP contribution is 2.21. The van der Waals surface area contributed by atoms with Gasteiger partial charge < -0.3 is 14.4 Å². The molecule has 1 amide bonds. The summed E-state index contributed by atoms with van der Waals surface area (Å²) in [7, 11) is 0. The minimum absolute atomic E-state index is 0.0461. The van der Waals surface area contributed by atoms with Gasteiger partial charge in [-0.3, -0.25) is 9.59 Å². The van der Waals surface area contributed by atoms with Gasteiger partial charge in [-0.25, -0.2) is 0 Å². The second-order valence-corrected chi connectivity index (χ2v) is 6.48. The summed E-state index contributed by atoms with van der Waals surface area (Å²) in [6, 6.07) is 7.39. The van der Waals surface area contributed by atoms with Gasteiger partial charge in [0.15, 0.2) is 6.10 Å². The topological polar surface area (TPSA) is 55.8 Å². The number of piperidine rings is 1. The smallest absolute Gasteiger partial charge is 0.309 e. The summed E-state index contributed by atoms with van der Waals surface area (Å²) in [5, 5.41) is 0. The fourth-order valence-electron chi connectivity index (χ4n) is 2.62. The molecule has 0 unspecified atom stereocenters. The zero-order valence-corrected chi connectivity index (χ0v) is 15.0. The van der Waals surface area contributed by atoms with Crippen molar-refractivity contribution in [2.24, 2.45) is 5.92 Å². The molecule has 1 aliphatic heterocycles. The van der Waals surface area contributed by atoms with Crippen molar-refractivity contribution in [1.82, 2.24) is 4.90 Å². The maximum atomic E-state index is 12.4. The number of hydrogen-bond acceptors (Lipinski definition) is 4. The highest BCUT2D eigenvalue weighted by atomic mass is 79.9. The molecule has 0 aromatic heterocycles. The zero-order chi connectivity index (χ0) is 16.8. The van der Waals surface area contributed by atoms with E-state index in [-0.39, 0.29) is 17.8 Å². The third-order valence-electron chi connectivity index (χ3n) is 3.90. The number of likely N-dealkylation sites (tertiary alicyclic amines) is 1. The molecule has 0 saturated carbocycles. The van der Waals surface area contributed by atoms with Gasteiger partial charge in [-0.05, 0) is 51.0 Å². The minimum atomic E-state index is -0.546. The number of carbonyl (C=O) groups is 2. The molecule has 2 rings (SSSR count). The van der Waals surface area contributed by atoms with Crippen molar-refractivity contribution >= 4 is 27.8 Å². The molecule has 126 valence electrons. The molecule has 1 aromatic rings. The Labute approximate surface area is 145 Å². The molecule has 1 fully saturated rings. The first kappa shape index (κ1) is 17.8. The largest absolute Gasteiger partial charge is 0.481 e. The summed E-state index contributed by atoms with van der Waals surface area (Å²) >= 11 is 3.36. The Hall–Kier alpha value is -1.56. The highest BCUT2D eigenvalue weighted by Gasteiger charge is 2.30. The van der Waals surface area contributed by atoms with Crippen molar-refractivity contribution in [2.45, 2.75) is 32.8 Å². The molecule has 1 heterocycles. The van der Waals surface area contributed by atoms with E-state index in [4.69, 9.17) is 9.47 Å². The lowest BCUT2D eigenvalue weighted by Crippen LogP contribution is -2.45. The van der Waals surface area contributed by atoms with Crippen LogP contribution in [-0.2, 0) is 14.3 Å². The van der Waals surface area contributed by atoms with E-state index in [1.165, 1.54) is 0 Å². The van der Waals surface area contributed by atoms with E-state index >= 15 is 0 Å². The van der Waals surface area contributed by atoms with Crippen LogP contribution < -0.4 is 4.74 Å². The van der Waals surface area contributed by atoms with Gasteiger partial charge in [0, 0.05) is 17.6 Å². The predicted molar refractivity (Wildman–Crippen MR) is 90.2 cm³/mol. The van der Waals surface area contributed by atoms with Crippen LogP contribution in [-0.4, -0.2) is 42.6 Å². The lowest BCUT2D eigenvalue weighted by atomic mass is 9.97. The van der Waals surface area contributed by atoms with Crippen LogP contribution in [0.2, 0.25) is 0 Å². The van der Waals surface area contributed by atoms with Crippen molar-refractivity contribution in [3.8, 4) is 5.75 Å². The molecular formula is C17H22BrNO4. The number of ether oxygens (including phenoxy) is 2. The number of nitrogens with zero attached hydrogens (tertiary/aromatic N) is 1. The first-order valence-corrected chi connectivity index (χ1v) is 8.68. The SMILES string of the molecule is CCOC(=O)C1CCN(C(=O)[C@H](C)Oc2ccc(Br)cc2)CC1. The quantitative estimate of drug-likeness (QED) is 0.733. The van der Waals surface area contributed by atoms with Crippen LogP contribution in [0.1, 0.15) is 26.7 Å². The first-order valence-electron chi connectivity index (χ1n) is 7.89. The molecule has 5 nitrogen and oxygen atoms in total. The van der Waals surface area contributed by atoms with Crippen LogP contribution in [0.5, 0.6) is 5.75 Å². The molecule has 1 atom stereocenters. The third kappa shape index (κ3) is 4.96. The summed E-state index contributed by atoms with van der Waals surface area (Å²) in [4.78, 5) is 25.9. The number of esters is 1. The molecule has 1 saturated heterocycles. The van der Waals surface area contributed by atoms with Crippen molar-refractivity contribution in [2.75, 3.05) is 19.7 Å². The highest BCUT2D eigenvalue weighted by molar-refractivity contribution is 9.10. The van der Waals surface area contributed by atoms with Crippen LogP contribution in [0, 0.1) is 5.92 Å². The minimum Gasteiger partial charge on any atom is -0.481 e. The summed E-state index contributed by atoms with van der Waals surface area (Å²) in [6.07, 6.45) is 0.751. The maximum Gasteiger partial charge on any atom is 0.309 e. The van der Waals surface area contributed by atoms with Crippen molar-refractivity contribution in [3.63, 3.8) is 0 Å². The Morgan fingerprint density at radius 3 is 2.43 bits per heavy atom. The monoisotopic (exact) mass is 383 g/mol. The Morgan fingerprint density at radius 2 is 1.87 bits per heavy atom. The number of benzene rings is 1. The maximum absolute atomic E-state index is 12.4. The fraction of sp³-hybridized carbons (Fsp3) is 0.529. The van der Waals surface area contributed by atoms with E-state index in [1.807, 2.05) is 24.3 Å². The fourth-order valence-corrected chi connectivity index (χ4v) is 2.88. The van der Waals surface area contributed by atoms with Gasteiger partial charge in [-0.2, -0.15) is 0 Å². The van der Waals surface area contributed by atoms with Crippen LogP contribution in [0.25, 0.3) is 0 Å².